The number of pyridine rings is 1. The number of aryl methyl sites for hydroxylation is 1. The van der Waals surface area contributed by atoms with Gasteiger partial charge < -0.3 is 9.88 Å². The molecule has 0 amide bonds. The molecule has 92 valence electrons. The van der Waals surface area contributed by atoms with Gasteiger partial charge in [-0.2, -0.15) is 0 Å². The Morgan fingerprint density at radius 3 is 2.82 bits per heavy atom. The predicted molar refractivity (Wildman–Crippen MR) is 68.4 cm³/mol. The molecular formula is C14H20N2O. The van der Waals surface area contributed by atoms with Crippen molar-refractivity contribution in [3.05, 3.63) is 33.2 Å². The molecule has 1 aromatic heterocycles. The first kappa shape index (κ1) is 11.0. The third-order valence-electron chi connectivity index (χ3n) is 3.89. The molecule has 0 bridgehead atoms. The van der Waals surface area contributed by atoms with Gasteiger partial charge in [-0.05, 0) is 57.2 Å². The zero-order valence-electron chi connectivity index (χ0n) is 10.5. The van der Waals surface area contributed by atoms with E-state index in [-0.39, 0.29) is 5.56 Å². The van der Waals surface area contributed by atoms with Crippen molar-refractivity contribution >= 4 is 0 Å². The van der Waals surface area contributed by atoms with Crippen molar-refractivity contribution in [2.24, 2.45) is 0 Å². The fraction of sp³-hybridized carbons (Fsp3) is 0.643. The number of hydrogen-bond acceptors (Lipinski definition) is 2. The van der Waals surface area contributed by atoms with Crippen LogP contribution in [-0.2, 0) is 19.4 Å². The third-order valence-corrected chi connectivity index (χ3v) is 3.89. The van der Waals surface area contributed by atoms with Gasteiger partial charge in [-0.3, -0.25) is 4.79 Å². The van der Waals surface area contributed by atoms with Crippen LogP contribution in [0.2, 0.25) is 0 Å². The van der Waals surface area contributed by atoms with Crippen LogP contribution in [-0.4, -0.2) is 11.6 Å². The van der Waals surface area contributed by atoms with Gasteiger partial charge >= 0.3 is 0 Å². The molecule has 0 aliphatic heterocycles. The maximum Gasteiger partial charge on any atom is 0.255 e. The second-order valence-corrected chi connectivity index (χ2v) is 5.29. The highest BCUT2D eigenvalue weighted by Gasteiger charge is 2.29. The van der Waals surface area contributed by atoms with Gasteiger partial charge in [0, 0.05) is 23.8 Å². The van der Waals surface area contributed by atoms with Crippen LogP contribution in [0.3, 0.4) is 0 Å². The standard InChI is InChI=1S/C14H20N2O/c1-15-9-11-8-10-4-2-3-5-13(10)16(14(11)17)12-6-7-12/h8,12,15H,2-7,9H2,1H3. The first-order valence-electron chi connectivity index (χ1n) is 6.72. The lowest BCUT2D eigenvalue weighted by Gasteiger charge is -2.22. The highest BCUT2D eigenvalue weighted by Crippen LogP contribution is 2.36. The van der Waals surface area contributed by atoms with E-state index in [1.807, 2.05) is 7.05 Å². The molecule has 1 N–H and O–H groups in total. The topological polar surface area (TPSA) is 34.0 Å². The number of fused-ring (bicyclic) bond motifs is 1. The average molecular weight is 232 g/mol. The fourth-order valence-electron chi connectivity index (χ4n) is 2.93. The summed E-state index contributed by atoms with van der Waals surface area (Å²) in [6, 6.07) is 2.65. The molecule has 1 aromatic rings. The van der Waals surface area contributed by atoms with Crippen LogP contribution >= 0.6 is 0 Å². The predicted octanol–water partition coefficient (Wildman–Crippen LogP) is 1.78. The largest absolute Gasteiger partial charge is 0.315 e. The molecule has 1 heterocycles. The number of rotatable bonds is 3. The van der Waals surface area contributed by atoms with Gasteiger partial charge in [-0.1, -0.05) is 0 Å². The molecule has 1 saturated carbocycles. The minimum Gasteiger partial charge on any atom is -0.315 e. The normalized spacial score (nSPS) is 19.1. The van der Waals surface area contributed by atoms with Crippen molar-refractivity contribution in [3.8, 4) is 0 Å². The van der Waals surface area contributed by atoms with Crippen LogP contribution < -0.4 is 10.9 Å². The number of nitrogens with one attached hydrogen (secondary N) is 1. The molecule has 0 atom stereocenters. The van der Waals surface area contributed by atoms with E-state index in [9.17, 15) is 4.79 Å². The zero-order chi connectivity index (χ0) is 11.8. The molecule has 2 aliphatic rings. The number of nitrogens with zero attached hydrogens (tertiary/aromatic N) is 1. The molecule has 0 radical (unpaired) electrons. The Bertz CT molecular complexity index is 486. The molecule has 2 aliphatic carbocycles. The Balaban J connectivity index is 2.14. The van der Waals surface area contributed by atoms with Gasteiger partial charge in [0.15, 0.2) is 0 Å². The Kier molecular flexibility index (Phi) is 2.79. The van der Waals surface area contributed by atoms with E-state index in [1.165, 1.54) is 36.9 Å². The molecular weight excluding hydrogens is 212 g/mol. The van der Waals surface area contributed by atoms with E-state index < -0.39 is 0 Å². The van der Waals surface area contributed by atoms with Crippen molar-refractivity contribution < 1.29 is 0 Å². The van der Waals surface area contributed by atoms with Crippen molar-refractivity contribution in [1.29, 1.82) is 0 Å². The summed E-state index contributed by atoms with van der Waals surface area (Å²) < 4.78 is 2.11. The molecule has 3 rings (SSSR count). The summed E-state index contributed by atoms with van der Waals surface area (Å²) >= 11 is 0. The van der Waals surface area contributed by atoms with Crippen molar-refractivity contribution in [2.45, 2.75) is 51.1 Å². The van der Waals surface area contributed by atoms with Crippen molar-refractivity contribution in [1.82, 2.24) is 9.88 Å². The van der Waals surface area contributed by atoms with Gasteiger partial charge in [0.2, 0.25) is 0 Å². The van der Waals surface area contributed by atoms with Crippen LogP contribution in [0.15, 0.2) is 10.9 Å². The summed E-state index contributed by atoms with van der Waals surface area (Å²) in [5.74, 6) is 0. The third kappa shape index (κ3) is 1.93. The summed E-state index contributed by atoms with van der Waals surface area (Å²) in [4.78, 5) is 12.4. The smallest absolute Gasteiger partial charge is 0.255 e. The lowest BCUT2D eigenvalue weighted by Crippen LogP contribution is -2.30. The summed E-state index contributed by atoms with van der Waals surface area (Å²) in [5.41, 5.74) is 3.96. The molecule has 1 fully saturated rings. The molecule has 0 spiro atoms. The van der Waals surface area contributed by atoms with Crippen LogP contribution in [0.5, 0.6) is 0 Å². The summed E-state index contributed by atoms with van der Waals surface area (Å²) in [7, 11) is 1.90. The molecule has 0 saturated heterocycles. The van der Waals surface area contributed by atoms with Gasteiger partial charge in [-0.15, -0.1) is 0 Å². The summed E-state index contributed by atoms with van der Waals surface area (Å²) in [5, 5.41) is 3.10. The van der Waals surface area contributed by atoms with E-state index in [1.54, 1.807) is 0 Å². The van der Waals surface area contributed by atoms with E-state index in [0.29, 0.717) is 12.6 Å². The second-order valence-electron chi connectivity index (χ2n) is 5.29. The van der Waals surface area contributed by atoms with E-state index in [2.05, 4.69) is 16.0 Å². The molecule has 0 aromatic carbocycles. The molecule has 3 heteroatoms. The van der Waals surface area contributed by atoms with Crippen LogP contribution in [0.4, 0.5) is 0 Å². The first-order chi connectivity index (χ1) is 8.31. The quantitative estimate of drug-likeness (QED) is 0.862. The minimum atomic E-state index is 0.252. The monoisotopic (exact) mass is 232 g/mol. The maximum absolute atomic E-state index is 12.4. The summed E-state index contributed by atoms with van der Waals surface area (Å²) in [6.07, 6.45) is 7.14. The zero-order valence-corrected chi connectivity index (χ0v) is 10.5. The average Bonchev–Trinajstić information content (AvgIpc) is 3.15. The lowest BCUT2D eigenvalue weighted by molar-refractivity contribution is 0.575. The highest BCUT2D eigenvalue weighted by molar-refractivity contribution is 5.30. The van der Waals surface area contributed by atoms with Gasteiger partial charge in [0.05, 0.1) is 0 Å². The Labute approximate surface area is 102 Å². The fourth-order valence-corrected chi connectivity index (χ4v) is 2.93. The Morgan fingerprint density at radius 1 is 1.35 bits per heavy atom. The minimum absolute atomic E-state index is 0.252. The summed E-state index contributed by atoms with van der Waals surface area (Å²) in [6.45, 7) is 0.693. The van der Waals surface area contributed by atoms with Crippen LogP contribution in [0.1, 0.15) is 48.5 Å². The molecule has 17 heavy (non-hydrogen) atoms. The maximum atomic E-state index is 12.4. The van der Waals surface area contributed by atoms with Crippen molar-refractivity contribution in [2.75, 3.05) is 7.05 Å². The number of hydrogen-bond donors (Lipinski definition) is 1. The van der Waals surface area contributed by atoms with E-state index in [4.69, 9.17) is 0 Å². The lowest BCUT2D eigenvalue weighted by atomic mass is 9.94. The molecule has 0 unspecified atom stereocenters. The van der Waals surface area contributed by atoms with Gasteiger partial charge in [0.1, 0.15) is 0 Å². The Morgan fingerprint density at radius 2 is 2.12 bits per heavy atom. The van der Waals surface area contributed by atoms with Gasteiger partial charge in [0.25, 0.3) is 5.56 Å². The SMILES string of the molecule is CNCc1cc2c(n(C3CC3)c1=O)CCCC2. The number of aromatic nitrogens is 1. The highest BCUT2D eigenvalue weighted by atomic mass is 16.1. The molecule has 3 nitrogen and oxygen atoms in total. The van der Waals surface area contributed by atoms with Gasteiger partial charge in [-0.25, -0.2) is 0 Å². The van der Waals surface area contributed by atoms with E-state index >= 15 is 0 Å². The Hall–Kier alpha value is -1.09. The van der Waals surface area contributed by atoms with Crippen LogP contribution in [0, 0.1) is 0 Å². The first-order valence-corrected chi connectivity index (χ1v) is 6.72. The van der Waals surface area contributed by atoms with E-state index in [0.717, 1.165) is 18.4 Å². The van der Waals surface area contributed by atoms with Crippen LogP contribution in [0.25, 0.3) is 0 Å². The van der Waals surface area contributed by atoms with Crippen molar-refractivity contribution in [3.63, 3.8) is 0 Å². The second kappa shape index (κ2) is 4.30.